The molecule has 0 saturated heterocycles. The summed E-state index contributed by atoms with van der Waals surface area (Å²) in [5, 5.41) is 5.57. The molecule has 1 aliphatic rings. The van der Waals surface area contributed by atoms with Crippen LogP contribution in [0.4, 0.5) is 4.39 Å². The Kier molecular flexibility index (Phi) is 6.01. The maximum atomic E-state index is 12.9. The van der Waals surface area contributed by atoms with Gasteiger partial charge in [0.25, 0.3) is 11.8 Å². The predicted octanol–water partition coefficient (Wildman–Crippen LogP) is 2.25. The lowest BCUT2D eigenvalue weighted by Crippen LogP contribution is -2.28. The summed E-state index contributed by atoms with van der Waals surface area (Å²) in [6.45, 7) is 5.03. The van der Waals surface area contributed by atoms with Gasteiger partial charge in [0.05, 0.1) is 5.69 Å². The molecule has 2 amide bonds. The van der Waals surface area contributed by atoms with E-state index in [0.29, 0.717) is 31.7 Å². The van der Waals surface area contributed by atoms with Crippen molar-refractivity contribution >= 4 is 11.8 Å². The summed E-state index contributed by atoms with van der Waals surface area (Å²) in [6.07, 6.45) is 4.84. The number of nitrogens with one attached hydrogen (secondary N) is 2. The van der Waals surface area contributed by atoms with Crippen LogP contribution in [0.15, 0.2) is 36.9 Å². The number of carbonyl (C=O) groups excluding carboxylic acids is 2. The Morgan fingerprint density at radius 3 is 2.70 bits per heavy atom. The van der Waals surface area contributed by atoms with Crippen molar-refractivity contribution in [1.82, 2.24) is 20.2 Å². The highest BCUT2D eigenvalue weighted by molar-refractivity contribution is 5.97. The van der Waals surface area contributed by atoms with Gasteiger partial charge in [-0.1, -0.05) is 18.2 Å². The molecule has 0 fully saturated rings. The number of rotatable bonds is 7. The number of hydrogen-bond donors (Lipinski definition) is 2. The Bertz CT molecular complexity index is 842. The van der Waals surface area contributed by atoms with Crippen LogP contribution in [0.3, 0.4) is 0 Å². The van der Waals surface area contributed by atoms with E-state index in [4.69, 9.17) is 0 Å². The molecule has 1 aromatic carbocycles. The zero-order valence-electron chi connectivity index (χ0n) is 15.1. The maximum Gasteiger partial charge on any atom is 0.287 e. The van der Waals surface area contributed by atoms with E-state index in [0.717, 1.165) is 30.5 Å². The second-order valence-electron chi connectivity index (χ2n) is 6.47. The van der Waals surface area contributed by atoms with Crippen LogP contribution in [0.2, 0.25) is 0 Å². The van der Waals surface area contributed by atoms with E-state index in [9.17, 15) is 14.0 Å². The quantitative estimate of drug-likeness (QED) is 0.734. The van der Waals surface area contributed by atoms with E-state index in [-0.39, 0.29) is 23.5 Å². The highest BCUT2D eigenvalue weighted by Crippen LogP contribution is 2.21. The Morgan fingerprint density at radius 1 is 1.19 bits per heavy atom. The SMILES string of the molecule is C=CCNC(=O)c1nc(C(=O)NCCc2ccc(F)cc2)c2n1CCCC2. The third kappa shape index (κ3) is 4.42. The van der Waals surface area contributed by atoms with Crippen molar-refractivity contribution in [2.24, 2.45) is 0 Å². The van der Waals surface area contributed by atoms with Crippen LogP contribution < -0.4 is 10.6 Å². The fourth-order valence-corrected chi connectivity index (χ4v) is 3.20. The lowest BCUT2D eigenvalue weighted by molar-refractivity contribution is 0.0942. The molecule has 6 nitrogen and oxygen atoms in total. The number of imidazole rings is 1. The number of hydrogen-bond acceptors (Lipinski definition) is 3. The number of halogens is 1. The van der Waals surface area contributed by atoms with Crippen LogP contribution in [0, 0.1) is 5.82 Å². The average Bonchev–Trinajstić information content (AvgIpc) is 3.07. The fraction of sp³-hybridized carbons (Fsp3) is 0.350. The predicted molar refractivity (Wildman–Crippen MR) is 100 cm³/mol. The summed E-state index contributed by atoms with van der Waals surface area (Å²) in [5.74, 6) is -0.598. The standard InChI is InChI=1S/C20H23FN4O2/c1-2-11-22-20(27)18-24-17(16-5-3-4-13-25(16)18)19(26)23-12-10-14-6-8-15(21)9-7-14/h2,6-9H,1,3-5,10-13H2,(H,22,27)(H,23,26). The summed E-state index contributed by atoms with van der Waals surface area (Å²) in [7, 11) is 0. The Balaban J connectivity index is 1.70. The van der Waals surface area contributed by atoms with Gasteiger partial charge in [-0.05, 0) is 43.4 Å². The monoisotopic (exact) mass is 370 g/mol. The second kappa shape index (κ2) is 8.62. The topological polar surface area (TPSA) is 76.0 Å². The molecule has 7 heteroatoms. The fourth-order valence-electron chi connectivity index (χ4n) is 3.20. The van der Waals surface area contributed by atoms with Crippen molar-refractivity contribution in [1.29, 1.82) is 0 Å². The van der Waals surface area contributed by atoms with Crippen LogP contribution in [0.5, 0.6) is 0 Å². The van der Waals surface area contributed by atoms with Gasteiger partial charge < -0.3 is 15.2 Å². The van der Waals surface area contributed by atoms with Crippen molar-refractivity contribution < 1.29 is 14.0 Å². The minimum Gasteiger partial charge on any atom is -0.350 e. The molecule has 27 heavy (non-hydrogen) atoms. The van der Waals surface area contributed by atoms with Gasteiger partial charge in [-0.25, -0.2) is 9.37 Å². The second-order valence-corrected chi connectivity index (χ2v) is 6.47. The molecule has 0 bridgehead atoms. The number of aromatic nitrogens is 2. The first-order chi connectivity index (χ1) is 13.1. The van der Waals surface area contributed by atoms with E-state index in [1.54, 1.807) is 18.2 Å². The van der Waals surface area contributed by atoms with Crippen LogP contribution in [0.25, 0.3) is 0 Å². The van der Waals surface area contributed by atoms with Crippen LogP contribution >= 0.6 is 0 Å². The van der Waals surface area contributed by atoms with Gasteiger partial charge in [-0.15, -0.1) is 6.58 Å². The van der Waals surface area contributed by atoms with Crippen molar-refractivity contribution in [2.45, 2.75) is 32.2 Å². The van der Waals surface area contributed by atoms with Crippen LogP contribution in [-0.2, 0) is 19.4 Å². The molecular weight excluding hydrogens is 347 g/mol. The molecular formula is C20H23FN4O2. The van der Waals surface area contributed by atoms with Crippen molar-refractivity contribution in [3.8, 4) is 0 Å². The molecule has 1 aliphatic heterocycles. The molecule has 3 rings (SSSR count). The van der Waals surface area contributed by atoms with Crippen LogP contribution in [0.1, 0.15) is 45.2 Å². The third-order valence-electron chi connectivity index (χ3n) is 4.56. The number of carbonyl (C=O) groups is 2. The van der Waals surface area contributed by atoms with E-state index < -0.39 is 0 Å². The third-order valence-corrected chi connectivity index (χ3v) is 4.56. The van der Waals surface area contributed by atoms with E-state index >= 15 is 0 Å². The Hall–Kier alpha value is -2.96. The van der Waals surface area contributed by atoms with Gasteiger partial charge in [0, 0.05) is 19.6 Å². The smallest absolute Gasteiger partial charge is 0.287 e. The minimum absolute atomic E-state index is 0.273. The van der Waals surface area contributed by atoms with Gasteiger partial charge in [0.1, 0.15) is 11.5 Å². The summed E-state index contributed by atoms with van der Waals surface area (Å²) >= 11 is 0. The first-order valence-electron chi connectivity index (χ1n) is 9.11. The lowest BCUT2D eigenvalue weighted by Gasteiger charge is -2.17. The van der Waals surface area contributed by atoms with Gasteiger partial charge in [0.2, 0.25) is 0 Å². The number of benzene rings is 1. The van der Waals surface area contributed by atoms with Gasteiger partial charge in [-0.2, -0.15) is 0 Å². The molecule has 2 aromatic rings. The van der Waals surface area contributed by atoms with Crippen molar-refractivity contribution in [2.75, 3.05) is 13.1 Å². The van der Waals surface area contributed by atoms with E-state index in [1.807, 2.05) is 4.57 Å². The van der Waals surface area contributed by atoms with E-state index in [1.165, 1.54) is 12.1 Å². The van der Waals surface area contributed by atoms with Gasteiger partial charge in [0.15, 0.2) is 5.82 Å². The molecule has 0 radical (unpaired) electrons. The average molecular weight is 370 g/mol. The van der Waals surface area contributed by atoms with Gasteiger partial charge >= 0.3 is 0 Å². The maximum absolute atomic E-state index is 12.9. The highest BCUT2D eigenvalue weighted by Gasteiger charge is 2.27. The molecule has 0 unspecified atom stereocenters. The molecule has 2 N–H and O–H groups in total. The zero-order chi connectivity index (χ0) is 19.2. The number of amides is 2. The molecule has 1 aromatic heterocycles. The van der Waals surface area contributed by atoms with Crippen molar-refractivity contribution in [3.63, 3.8) is 0 Å². The summed E-state index contributed by atoms with van der Waals surface area (Å²) in [6, 6.07) is 6.19. The molecule has 0 atom stereocenters. The van der Waals surface area contributed by atoms with Crippen molar-refractivity contribution in [3.05, 3.63) is 65.5 Å². The molecule has 0 aliphatic carbocycles. The molecule has 142 valence electrons. The summed E-state index contributed by atoms with van der Waals surface area (Å²) in [5.41, 5.74) is 2.06. The molecule has 2 heterocycles. The molecule has 0 saturated carbocycles. The Labute approximate surface area is 157 Å². The largest absolute Gasteiger partial charge is 0.350 e. The summed E-state index contributed by atoms with van der Waals surface area (Å²) < 4.78 is 14.8. The first kappa shape index (κ1) is 18.8. The number of fused-ring (bicyclic) bond motifs is 1. The lowest BCUT2D eigenvalue weighted by atomic mass is 10.1. The molecule has 0 spiro atoms. The van der Waals surface area contributed by atoms with Gasteiger partial charge in [-0.3, -0.25) is 9.59 Å². The number of nitrogens with zero attached hydrogens (tertiary/aromatic N) is 2. The van der Waals surface area contributed by atoms with Crippen LogP contribution in [-0.4, -0.2) is 34.5 Å². The first-order valence-corrected chi connectivity index (χ1v) is 9.11. The minimum atomic E-state index is -0.302. The van der Waals surface area contributed by atoms with E-state index in [2.05, 4.69) is 22.2 Å². The summed E-state index contributed by atoms with van der Waals surface area (Å²) in [4.78, 5) is 29.3. The highest BCUT2D eigenvalue weighted by atomic mass is 19.1. The Morgan fingerprint density at radius 2 is 1.96 bits per heavy atom. The zero-order valence-corrected chi connectivity index (χ0v) is 15.1. The normalized spacial score (nSPS) is 12.9.